The summed E-state index contributed by atoms with van der Waals surface area (Å²) in [6.07, 6.45) is 5.11. The summed E-state index contributed by atoms with van der Waals surface area (Å²) >= 11 is 0. The van der Waals surface area contributed by atoms with Gasteiger partial charge in [0, 0.05) is 18.3 Å². The minimum Gasteiger partial charge on any atom is -0.354 e. The third kappa shape index (κ3) is 5.70. The van der Waals surface area contributed by atoms with Gasteiger partial charge in [0.15, 0.2) is 0 Å². The second kappa shape index (κ2) is 8.88. The van der Waals surface area contributed by atoms with E-state index in [1.807, 2.05) is 30.3 Å². The van der Waals surface area contributed by atoms with Gasteiger partial charge in [-0.1, -0.05) is 43.7 Å². The van der Waals surface area contributed by atoms with Gasteiger partial charge in [-0.05, 0) is 24.8 Å². The number of benzene rings is 1. The molecule has 122 valence electrons. The third-order valence-electron chi connectivity index (χ3n) is 3.62. The summed E-state index contributed by atoms with van der Waals surface area (Å²) in [7, 11) is 0. The monoisotopic (exact) mass is 313 g/mol. The number of hydrogen-bond acceptors (Lipinski definition) is 3. The van der Waals surface area contributed by atoms with Gasteiger partial charge in [-0.15, -0.1) is 0 Å². The van der Waals surface area contributed by atoms with Crippen molar-refractivity contribution in [2.75, 3.05) is 6.54 Å². The van der Waals surface area contributed by atoms with Crippen molar-refractivity contribution >= 4 is 5.91 Å². The standard InChI is InChI=1S/C18H23N3O2/c1-2-3-9-16-12-18(23)21(14-20-16)13-17(22)19-11-10-15-7-5-4-6-8-15/h4-8,12,14H,2-3,9-11,13H2,1H3,(H,19,22). The van der Waals surface area contributed by atoms with Gasteiger partial charge in [-0.2, -0.15) is 0 Å². The zero-order valence-electron chi connectivity index (χ0n) is 13.5. The van der Waals surface area contributed by atoms with Crippen LogP contribution in [-0.4, -0.2) is 22.0 Å². The predicted octanol–water partition coefficient (Wildman–Crippen LogP) is 1.94. The van der Waals surface area contributed by atoms with E-state index in [-0.39, 0.29) is 18.0 Å². The fourth-order valence-corrected chi connectivity index (χ4v) is 2.28. The molecule has 23 heavy (non-hydrogen) atoms. The number of amides is 1. The van der Waals surface area contributed by atoms with Crippen LogP contribution in [0.1, 0.15) is 31.0 Å². The predicted molar refractivity (Wildman–Crippen MR) is 90.3 cm³/mol. The van der Waals surface area contributed by atoms with Crippen molar-refractivity contribution in [3.05, 3.63) is 64.3 Å². The lowest BCUT2D eigenvalue weighted by Gasteiger charge is -2.08. The van der Waals surface area contributed by atoms with Crippen molar-refractivity contribution in [3.63, 3.8) is 0 Å². The second-order valence-corrected chi connectivity index (χ2v) is 5.54. The maximum atomic E-state index is 12.0. The van der Waals surface area contributed by atoms with Gasteiger partial charge < -0.3 is 5.32 Å². The number of unbranched alkanes of at least 4 members (excludes halogenated alkanes) is 1. The average molecular weight is 313 g/mol. The highest BCUT2D eigenvalue weighted by Crippen LogP contribution is 1.99. The number of nitrogens with one attached hydrogen (secondary N) is 1. The molecule has 2 aromatic rings. The fourth-order valence-electron chi connectivity index (χ4n) is 2.28. The van der Waals surface area contributed by atoms with Crippen LogP contribution in [-0.2, 0) is 24.2 Å². The molecule has 5 heteroatoms. The molecule has 0 aliphatic heterocycles. The summed E-state index contributed by atoms with van der Waals surface area (Å²) in [5.41, 5.74) is 1.79. The molecular weight excluding hydrogens is 290 g/mol. The van der Waals surface area contributed by atoms with Gasteiger partial charge in [0.1, 0.15) is 6.54 Å². The first-order chi connectivity index (χ1) is 11.2. The van der Waals surface area contributed by atoms with Crippen molar-refractivity contribution in [2.45, 2.75) is 39.2 Å². The minimum atomic E-state index is -0.177. The Balaban J connectivity index is 1.82. The van der Waals surface area contributed by atoms with Crippen LogP contribution in [0.2, 0.25) is 0 Å². The molecule has 0 fully saturated rings. The van der Waals surface area contributed by atoms with Gasteiger partial charge in [0.2, 0.25) is 5.91 Å². The highest BCUT2D eigenvalue weighted by Gasteiger charge is 2.05. The number of rotatable bonds is 8. The summed E-state index contributed by atoms with van der Waals surface area (Å²) in [4.78, 5) is 28.1. The van der Waals surface area contributed by atoms with Gasteiger partial charge in [0.25, 0.3) is 5.56 Å². The van der Waals surface area contributed by atoms with Gasteiger partial charge in [-0.3, -0.25) is 14.2 Å². The van der Waals surface area contributed by atoms with Crippen molar-refractivity contribution in [2.24, 2.45) is 0 Å². The lowest BCUT2D eigenvalue weighted by Crippen LogP contribution is -2.33. The van der Waals surface area contributed by atoms with E-state index in [0.29, 0.717) is 6.54 Å². The van der Waals surface area contributed by atoms with E-state index < -0.39 is 0 Å². The number of aryl methyl sites for hydroxylation is 1. The van der Waals surface area contributed by atoms with Crippen molar-refractivity contribution in [1.29, 1.82) is 0 Å². The molecule has 0 aliphatic carbocycles. The number of aromatic nitrogens is 2. The van der Waals surface area contributed by atoms with Crippen LogP contribution in [0.5, 0.6) is 0 Å². The van der Waals surface area contributed by atoms with Crippen LogP contribution in [0.25, 0.3) is 0 Å². The minimum absolute atomic E-state index is 0.00861. The molecule has 0 spiro atoms. The fraction of sp³-hybridized carbons (Fsp3) is 0.389. The Morgan fingerprint density at radius 3 is 2.70 bits per heavy atom. The van der Waals surface area contributed by atoms with Crippen molar-refractivity contribution < 1.29 is 4.79 Å². The molecule has 0 saturated heterocycles. The van der Waals surface area contributed by atoms with Crippen LogP contribution < -0.4 is 10.9 Å². The van der Waals surface area contributed by atoms with Crippen LogP contribution in [0.4, 0.5) is 0 Å². The highest BCUT2D eigenvalue weighted by atomic mass is 16.2. The Bertz CT molecular complexity index is 680. The van der Waals surface area contributed by atoms with Crippen molar-refractivity contribution in [1.82, 2.24) is 14.9 Å². The first kappa shape index (κ1) is 16.9. The highest BCUT2D eigenvalue weighted by molar-refractivity contribution is 5.75. The van der Waals surface area contributed by atoms with Crippen LogP contribution in [0.15, 0.2) is 47.5 Å². The van der Waals surface area contributed by atoms with Gasteiger partial charge >= 0.3 is 0 Å². The third-order valence-corrected chi connectivity index (χ3v) is 3.62. The SMILES string of the molecule is CCCCc1cc(=O)n(CC(=O)NCCc2ccccc2)cn1. The molecule has 1 aromatic heterocycles. The Morgan fingerprint density at radius 1 is 1.22 bits per heavy atom. The first-order valence-corrected chi connectivity index (χ1v) is 8.05. The van der Waals surface area contributed by atoms with E-state index in [1.165, 1.54) is 22.5 Å². The molecule has 5 nitrogen and oxygen atoms in total. The normalized spacial score (nSPS) is 10.5. The van der Waals surface area contributed by atoms with Gasteiger partial charge in [0.05, 0.1) is 6.33 Å². The molecule has 1 aromatic carbocycles. The van der Waals surface area contributed by atoms with E-state index in [0.717, 1.165) is 31.4 Å². The molecule has 0 bridgehead atoms. The van der Waals surface area contributed by atoms with E-state index in [2.05, 4.69) is 17.2 Å². The maximum Gasteiger partial charge on any atom is 0.253 e. The van der Waals surface area contributed by atoms with Crippen LogP contribution in [0.3, 0.4) is 0 Å². The van der Waals surface area contributed by atoms with Crippen LogP contribution >= 0.6 is 0 Å². The largest absolute Gasteiger partial charge is 0.354 e. The Labute approximate surface area is 136 Å². The lowest BCUT2D eigenvalue weighted by atomic mass is 10.1. The van der Waals surface area contributed by atoms with Crippen molar-refractivity contribution in [3.8, 4) is 0 Å². The Morgan fingerprint density at radius 2 is 2.00 bits per heavy atom. The molecule has 1 N–H and O–H groups in total. The smallest absolute Gasteiger partial charge is 0.253 e. The maximum absolute atomic E-state index is 12.0. The van der Waals surface area contributed by atoms with E-state index in [4.69, 9.17) is 0 Å². The number of carbonyl (C=O) groups excluding carboxylic acids is 1. The molecule has 0 atom stereocenters. The van der Waals surface area contributed by atoms with Crippen LogP contribution in [0, 0.1) is 0 Å². The van der Waals surface area contributed by atoms with Gasteiger partial charge in [-0.25, -0.2) is 4.98 Å². The first-order valence-electron chi connectivity index (χ1n) is 8.05. The average Bonchev–Trinajstić information content (AvgIpc) is 2.56. The molecule has 0 unspecified atom stereocenters. The van der Waals surface area contributed by atoms with E-state index in [9.17, 15) is 9.59 Å². The topological polar surface area (TPSA) is 64.0 Å². The number of nitrogens with zero attached hydrogens (tertiary/aromatic N) is 2. The molecule has 2 rings (SSSR count). The summed E-state index contributed by atoms with van der Waals surface area (Å²) in [5.74, 6) is -0.175. The lowest BCUT2D eigenvalue weighted by molar-refractivity contribution is -0.121. The van der Waals surface area contributed by atoms with E-state index in [1.54, 1.807) is 0 Å². The Kier molecular flexibility index (Phi) is 6.54. The molecule has 0 aliphatic rings. The summed E-state index contributed by atoms with van der Waals surface area (Å²) in [6, 6.07) is 11.5. The zero-order valence-corrected chi connectivity index (χ0v) is 13.5. The Hall–Kier alpha value is -2.43. The zero-order chi connectivity index (χ0) is 16.5. The summed E-state index contributed by atoms with van der Waals surface area (Å²) in [6.45, 7) is 2.66. The molecule has 0 radical (unpaired) electrons. The number of carbonyl (C=O) groups is 1. The second-order valence-electron chi connectivity index (χ2n) is 5.54. The van der Waals surface area contributed by atoms with E-state index >= 15 is 0 Å². The number of hydrogen-bond donors (Lipinski definition) is 1. The summed E-state index contributed by atoms with van der Waals surface area (Å²) in [5, 5.41) is 2.83. The quantitative estimate of drug-likeness (QED) is 0.810. The molecule has 1 heterocycles. The molecular formula is C18H23N3O2. The summed E-state index contributed by atoms with van der Waals surface area (Å²) < 4.78 is 1.34. The molecule has 0 saturated carbocycles. The molecule has 1 amide bonds.